The van der Waals surface area contributed by atoms with E-state index in [4.69, 9.17) is 12.2 Å². The molecule has 1 aliphatic rings. The zero-order valence-corrected chi connectivity index (χ0v) is 9.60. The van der Waals surface area contributed by atoms with E-state index in [2.05, 4.69) is 28.6 Å². The lowest BCUT2D eigenvalue weighted by Gasteiger charge is -2.38. The molecule has 0 saturated heterocycles. The molecule has 14 heavy (non-hydrogen) atoms. The molecular weight excluding hydrogens is 194 g/mol. The van der Waals surface area contributed by atoms with Gasteiger partial charge in [-0.1, -0.05) is 26.7 Å². The highest BCUT2D eigenvalue weighted by molar-refractivity contribution is 7.71. The lowest BCUT2D eigenvalue weighted by atomic mass is 9.73. The quantitative estimate of drug-likeness (QED) is 0.724. The van der Waals surface area contributed by atoms with Gasteiger partial charge in [0.1, 0.15) is 6.33 Å². The summed E-state index contributed by atoms with van der Waals surface area (Å²) in [5, 5.41) is 6.83. The lowest BCUT2D eigenvalue weighted by Crippen LogP contribution is -2.30. The SMILES string of the molecule is CC1(C)CCCCC1n1cn[nH]c1=S. The second-order valence-electron chi connectivity index (χ2n) is 4.82. The Balaban J connectivity index is 2.33. The first-order chi connectivity index (χ1) is 6.61. The Kier molecular flexibility index (Phi) is 2.47. The Hall–Kier alpha value is -0.640. The molecule has 1 N–H and O–H groups in total. The van der Waals surface area contributed by atoms with Crippen LogP contribution in [-0.4, -0.2) is 14.8 Å². The van der Waals surface area contributed by atoms with E-state index in [0.717, 1.165) is 4.77 Å². The topological polar surface area (TPSA) is 33.6 Å². The summed E-state index contributed by atoms with van der Waals surface area (Å²) in [5.74, 6) is 0. The summed E-state index contributed by atoms with van der Waals surface area (Å²) in [6.07, 6.45) is 6.99. The maximum atomic E-state index is 5.21. The van der Waals surface area contributed by atoms with Gasteiger partial charge in [0, 0.05) is 6.04 Å². The van der Waals surface area contributed by atoms with Crippen LogP contribution < -0.4 is 0 Å². The van der Waals surface area contributed by atoms with Crippen LogP contribution in [-0.2, 0) is 0 Å². The van der Waals surface area contributed by atoms with Crippen molar-refractivity contribution in [1.82, 2.24) is 14.8 Å². The van der Waals surface area contributed by atoms with Crippen LogP contribution in [0.15, 0.2) is 6.33 Å². The van der Waals surface area contributed by atoms with Gasteiger partial charge in [-0.3, -0.25) is 5.10 Å². The standard InChI is InChI=1S/C10H17N3S/c1-10(2)6-4-3-5-8(10)13-7-11-12-9(13)14/h7-8H,3-6H2,1-2H3,(H,12,14). The highest BCUT2D eigenvalue weighted by Crippen LogP contribution is 2.43. The molecule has 1 atom stereocenters. The molecule has 1 fully saturated rings. The third-order valence-electron chi connectivity index (χ3n) is 3.36. The number of nitrogens with one attached hydrogen (secondary N) is 1. The van der Waals surface area contributed by atoms with Gasteiger partial charge < -0.3 is 4.57 Å². The third kappa shape index (κ3) is 1.63. The summed E-state index contributed by atoms with van der Waals surface area (Å²) in [5.41, 5.74) is 0.348. The van der Waals surface area contributed by atoms with Gasteiger partial charge >= 0.3 is 0 Å². The molecule has 0 aromatic carbocycles. The van der Waals surface area contributed by atoms with Crippen molar-refractivity contribution in [3.63, 3.8) is 0 Å². The molecule has 1 saturated carbocycles. The Labute approximate surface area is 89.5 Å². The number of rotatable bonds is 1. The van der Waals surface area contributed by atoms with Gasteiger partial charge in [-0.2, -0.15) is 5.10 Å². The zero-order valence-electron chi connectivity index (χ0n) is 8.79. The van der Waals surface area contributed by atoms with Gasteiger partial charge in [0.2, 0.25) is 0 Å². The summed E-state index contributed by atoms with van der Waals surface area (Å²) < 4.78 is 2.87. The second-order valence-corrected chi connectivity index (χ2v) is 5.21. The minimum Gasteiger partial charge on any atom is -0.303 e. The van der Waals surface area contributed by atoms with E-state index in [1.807, 2.05) is 6.33 Å². The highest BCUT2D eigenvalue weighted by Gasteiger charge is 2.33. The van der Waals surface area contributed by atoms with Crippen LogP contribution in [0, 0.1) is 10.2 Å². The number of aromatic amines is 1. The van der Waals surface area contributed by atoms with E-state index in [1.54, 1.807) is 0 Å². The fraction of sp³-hybridized carbons (Fsp3) is 0.800. The molecule has 0 bridgehead atoms. The predicted octanol–water partition coefficient (Wildman–Crippen LogP) is 3.08. The van der Waals surface area contributed by atoms with Crippen LogP contribution in [0.2, 0.25) is 0 Å². The molecule has 1 aliphatic carbocycles. The molecule has 78 valence electrons. The number of hydrogen-bond donors (Lipinski definition) is 1. The van der Waals surface area contributed by atoms with Crippen molar-refractivity contribution >= 4 is 12.2 Å². The zero-order chi connectivity index (χ0) is 10.2. The van der Waals surface area contributed by atoms with E-state index < -0.39 is 0 Å². The molecule has 0 spiro atoms. The van der Waals surface area contributed by atoms with Crippen LogP contribution in [0.5, 0.6) is 0 Å². The minimum absolute atomic E-state index is 0.348. The average molecular weight is 211 g/mol. The van der Waals surface area contributed by atoms with E-state index in [1.165, 1.54) is 25.7 Å². The Morgan fingerprint density at radius 2 is 2.36 bits per heavy atom. The van der Waals surface area contributed by atoms with Crippen LogP contribution in [0.25, 0.3) is 0 Å². The van der Waals surface area contributed by atoms with E-state index in [-0.39, 0.29) is 0 Å². The Morgan fingerprint density at radius 3 is 2.93 bits per heavy atom. The summed E-state index contributed by atoms with van der Waals surface area (Å²) in [4.78, 5) is 0. The Bertz CT molecular complexity index is 363. The lowest BCUT2D eigenvalue weighted by molar-refractivity contribution is 0.142. The normalized spacial score (nSPS) is 26.3. The maximum Gasteiger partial charge on any atom is 0.195 e. The van der Waals surface area contributed by atoms with Crippen molar-refractivity contribution in [3.05, 3.63) is 11.1 Å². The fourth-order valence-corrected chi connectivity index (χ4v) is 2.70. The molecule has 1 unspecified atom stereocenters. The van der Waals surface area contributed by atoms with Crippen molar-refractivity contribution in [2.45, 2.75) is 45.6 Å². The van der Waals surface area contributed by atoms with Gasteiger partial charge in [0.25, 0.3) is 0 Å². The van der Waals surface area contributed by atoms with Crippen molar-refractivity contribution in [1.29, 1.82) is 0 Å². The maximum absolute atomic E-state index is 5.21. The van der Waals surface area contributed by atoms with Gasteiger partial charge in [-0.05, 0) is 30.5 Å². The molecular formula is C10H17N3S. The largest absolute Gasteiger partial charge is 0.303 e. The molecule has 2 rings (SSSR count). The third-order valence-corrected chi connectivity index (χ3v) is 3.67. The molecule has 1 heterocycles. The number of H-pyrrole nitrogens is 1. The van der Waals surface area contributed by atoms with Crippen molar-refractivity contribution in [2.24, 2.45) is 5.41 Å². The van der Waals surface area contributed by atoms with Gasteiger partial charge in [0.15, 0.2) is 4.77 Å². The molecule has 1 aromatic rings. The summed E-state index contributed by atoms with van der Waals surface area (Å²) in [7, 11) is 0. The Morgan fingerprint density at radius 1 is 1.57 bits per heavy atom. The van der Waals surface area contributed by atoms with Crippen LogP contribution in [0.3, 0.4) is 0 Å². The number of aromatic nitrogens is 3. The average Bonchev–Trinajstić information content (AvgIpc) is 2.51. The molecule has 0 radical (unpaired) electrons. The minimum atomic E-state index is 0.348. The fourth-order valence-electron chi connectivity index (χ4n) is 2.47. The number of nitrogens with zero attached hydrogens (tertiary/aromatic N) is 2. The summed E-state index contributed by atoms with van der Waals surface area (Å²) in [6.45, 7) is 4.65. The molecule has 0 amide bonds. The van der Waals surface area contributed by atoms with Crippen LogP contribution >= 0.6 is 12.2 Å². The van der Waals surface area contributed by atoms with Gasteiger partial charge in [-0.25, -0.2) is 0 Å². The van der Waals surface area contributed by atoms with Gasteiger partial charge in [0.05, 0.1) is 0 Å². The van der Waals surface area contributed by atoms with E-state index in [0.29, 0.717) is 11.5 Å². The second kappa shape index (κ2) is 3.50. The highest BCUT2D eigenvalue weighted by atomic mass is 32.1. The summed E-state index contributed by atoms with van der Waals surface area (Å²) >= 11 is 5.21. The smallest absolute Gasteiger partial charge is 0.195 e. The van der Waals surface area contributed by atoms with Crippen LogP contribution in [0.1, 0.15) is 45.6 Å². The van der Waals surface area contributed by atoms with Gasteiger partial charge in [-0.15, -0.1) is 0 Å². The molecule has 4 heteroatoms. The first kappa shape index (κ1) is 9.90. The van der Waals surface area contributed by atoms with Crippen LogP contribution in [0.4, 0.5) is 0 Å². The number of hydrogen-bond acceptors (Lipinski definition) is 2. The predicted molar refractivity (Wildman–Crippen MR) is 58.7 cm³/mol. The molecule has 3 nitrogen and oxygen atoms in total. The monoisotopic (exact) mass is 211 g/mol. The van der Waals surface area contributed by atoms with E-state index >= 15 is 0 Å². The first-order valence-electron chi connectivity index (χ1n) is 5.23. The van der Waals surface area contributed by atoms with Crippen molar-refractivity contribution in [3.8, 4) is 0 Å². The first-order valence-corrected chi connectivity index (χ1v) is 5.63. The molecule has 0 aliphatic heterocycles. The van der Waals surface area contributed by atoms with Crippen molar-refractivity contribution in [2.75, 3.05) is 0 Å². The van der Waals surface area contributed by atoms with Crippen molar-refractivity contribution < 1.29 is 0 Å². The van der Waals surface area contributed by atoms with E-state index in [9.17, 15) is 0 Å². The molecule has 1 aromatic heterocycles. The summed E-state index contributed by atoms with van der Waals surface area (Å²) in [6, 6.07) is 0.516.